The highest BCUT2D eigenvalue weighted by atomic mass is 16.5. The van der Waals surface area contributed by atoms with Crippen LogP contribution in [0.5, 0.6) is 0 Å². The molecule has 1 aliphatic rings. The molecule has 1 aliphatic heterocycles. The summed E-state index contributed by atoms with van der Waals surface area (Å²) < 4.78 is 5.28. The average Bonchev–Trinajstić information content (AvgIpc) is 2.75. The van der Waals surface area contributed by atoms with Crippen molar-refractivity contribution in [3.63, 3.8) is 0 Å². The number of nitrogens with two attached hydrogens (primary N) is 1. The molecule has 0 radical (unpaired) electrons. The minimum atomic E-state index is -0.122. The van der Waals surface area contributed by atoms with Crippen molar-refractivity contribution >= 4 is 5.91 Å². The van der Waals surface area contributed by atoms with Gasteiger partial charge in [0.2, 0.25) is 5.91 Å². The fraction of sp³-hybridized carbons (Fsp3) is 0.923. The molecule has 1 rings (SSSR count). The number of hydrogen-bond acceptors (Lipinski definition) is 3. The lowest BCUT2D eigenvalue weighted by atomic mass is 10.0. The van der Waals surface area contributed by atoms with Gasteiger partial charge < -0.3 is 15.4 Å². The van der Waals surface area contributed by atoms with Crippen LogP contribution in [0.4, 0.5) is 0 Å². The van der Waals surface area contributed by atoms with Gasteiger partial charge in [-0.3, -0.25) is 4.79 Å². The van der Waals surface area contributed by atoms with Gasteiger partial charge in [0.1, 0.15) is 0 Å². The van der Waals surface area contributed by atoms with E-state index in [2.05, 4.69) is 13.8 Å². The second-order valence-corrected chi connectivity index (χ2v) is 4.84. The number of nitrogens with zero attached hydrogens (tertiary/aromatic N) is 1. The standard InChI is InChI=1S/C13H26N2O2/c1-3-5-7-15(8-6-4-2)13(16)11-9-17-10-12(11)14/h11-12H,3-10,14H2,1-2H3. The Morgan fingerprint density at radius 3 is 2.24 bits per heavy atom. The van der Waals surface area contributed by atoms with Crippen molar-refractivity contribution in [2.24, 2.45) is 11.7 Å². The highest BCUT2D eigenvalue weighted by Gasteiger charge is 2.33. The van der Waals surface area contributed by atoms with Crippen molar-refractivity contribution in [2.75, 3.05) is 26.3 Å². The van der Waals surface area contributed by atoms with E-state index in [-0.39, 0.29) is 17.9 Å². The van der Waals surface area contributed by atoms with Crippen LogP contribution >= 0.6 is 0 Å². The molecule has 0 saturated carbocycles. The third-order valence-corrected chi connectivity index (χ3v) is 3.32. The van der Waals surface area contributed by atoms with Gasteiger partial charge in [0.25, 0.3) is 0 Å². The monoisotopic (exact) mass is 242 g/mol. The Hall–Kier alpha value is -0.610. The molecule has 0 aliphatic carbocycles. The van der Waals surface area contributed by atoms with E-state index >= 15 is 0 Å². The predicted molar refractivity (Wildman–Crippen MR) is 68.7 cm³/mol. The molecule has 4 nitrogen and oxygen atoms in total. The molecule has 2 atom stereocenters. The zero-order valence-corrected chi connectivity index (χ0v) is 11.2. The van der Waals surface area contributed by atoms with Crippen LogP contribution in [-0.2, 0) is 9.53 Å². The molecule has 0 aromatic carbocycles. The molecule has 1 amide bonds. The van der Waals surface area contributed by atoms with Crippen LogP contribution in [0.1, 0.15) is 39.5 Å². The number of unbranched alkanes of at least 4 members (excludes halogenated alkanes) is 2. The maximum absolute atomic E-state index is 12.3. The quantitative estimate of drug-likeness (QED) is 0.734. The number of carbonyl (C=O) groups is 1. The van der Waals surface area contributed by atoms with Gasteiger partial charge in [-0.25, -0.2) is 0 Å². The first-order valence-electron chi connectivity index (χ1n) is 6.82. The van der Waals surface area contributed by atoms with E-state index in [0.717, 1.165) is 38.8 Å². The fourth-order valence-electron chi connectivity index (χ4n) is 2.09. The minimum Gasteiger partial charge on any atom is -0.379 e. The van der Waals surface area contributed by atoms with Gasteiger partial charge in [-0.15, -0.1) is 0 Å². The Labute approximate surface area is 104 Å². The van der Waals surface area contributed by atoms with Crippen LogP contribution in [0.3, 0.4) is 0 Å². The van der Waals surface area contributed by atoms with Crippen molar-refractivity contribution in [3.05, 3.63) is 0 Å². The summed E-state index contributed by atoms with van der Waals surface area (Å²) in [4.78, 5) is 14.3. The summed E-state index contributed by atoms with van der Waals surface area (Å²) in [6.45, 7) is 7.03. The highest BCUT2D eigenvalue weighted by Crippen LogP contribution is 2.16. The van der Waals surface area contributed by atoms with Crippen molar-refractivity contribution in [3.8, 4) is 0 Å². The van der Waals surface area contributed by atoms with Gasteiger partial charge in [-0.2, -0.15) is 0 Å². The predicted octanol–water partition coefficient (Wildman–Crippen LogP) is 1.39. The maximum Gasteiger partial charge on any atom is 0.229 e. The summed E-state index contributed by atoms with van der Waals surface area (Å²) in [5.41, 5.74) is 5.90. The van der Waals surface area contributed by atoms with Gasteiger partial charge in [0, 0.05) is 19.1 Å². The summed E-state index contributed by atoms with van der Waals surface area (Å²) in [5.74, 6) is 0.0700. The third-order valence-electron chi connectivity index (χ3n) is 3.32. The van der Waals surface area contributed by atoms with E-state index < -0.39 is 0 Å². The molecule has 2 N–H and O–H groups in total. The van der Waals surface area contributed by atoms with Crippen molar-refractivity contribution < 1.29 is 9.53 Å². The van der Waals surface area contributed by atoms with E-state index in [0.29, 0.717) is 13.2 Å². The second-order valence-electron chi connectivity index (χ2n) is 4.84. The molecule has 17 heavy (non-hydrogen) atoms. The first-order chi connectivity index (χ1) is 8.20. The van der Waals surface area contributed by atoms with Crippen LogP contribution in [0, 0.1) is 5.92 Å². The number of hydrogen-bond donors (Lipinski definition) is 1. The van der Waals surface area contributed by atoms with Gasteiger partial charge in [0.05, 0.1) is 19.1 Å². The molecular formula is C13H26N2O2. The van der Waals surface area contributed by atoms with Crippen LogP contribution < -0.4 is 5.73 Å². The average molecular weight is 242 g/mol. The highest BCUT2D eigenvalue weighted by molar-refractivity contribution is 5.80. The minimum absolute atomic E-state index is 0.117. The van der Waals surface area contributed by atoms with E-state index in [1.807, 2.05) is 4.90 Å². The smallest absolute Gasteiger partial charge is 0.229 e. The number of amides is 1. The summed E-state index contributed by atoms with van der Waals surface area (Å²) in [7, 11) is 0. The zero-order chi connectivity index (χ0) is 12.7. The van der Waals surface area contributed by atoms with Gasteiger partial charge in [-0.1, -0.05) is 26.7 Å². The van der Waals surface area contributed by atoms with Crippen LogP contribution in [-0.4, -0.2) is 43.2 Å². The molecule has 1 heterocycles. The molecule has 100 valence electrons. The van der Waals surface area contributed by atoms with Gasteiger partial charge in [-0.05, 0) is 12.8 Å². The van der Waals surface area contributed by atoms with E-state index in [4.69, 9.17) is 10.5 Å². The molecule has 4 heteroatoms. The lowest BCUT2D eigenvalue weighted by molar-refractivity contribution is -0.136. The summed E-state index contributed by atoms with van der Waals surface area (Å²) in [6, 6.07) is -0.117. The van der Waals surface area contributed by atoms with Crippen LogP contribution in [0.2, 0.25) is 0 Å². The molecule has 1 fully saturated rings. The Kier molecular flexibility index (Phi) is 6.52. The van der Waals surface area contributed by atoms with E-state index in [1.165, 1.54) is 0 Å². The van der Waals surface area contributed by atoms with Crippen LogP contribution in [0.15, 0.2) is 0 Å². The van der Waals surface area contributed by atoms with Gasteiger partial charge in [0.15, 0.2) is 0 Å². The lowest BCUT2D eigenvalue weighted by Crippen LogP contribution is -2.44. The first kappa shape index (κ1) is 14.5. The lowest BCUT2D eigenvalue weighted by Gasteiger charge is -2.26. The molecule has 2 unspecified atom stereocenters. The number of ether oxygens (including phenoxy) is 1. The fourth-order valence-corrected chi connectivity index (χ4v) is 2.09. The largest absolute Gasteiger partial charge is 0.379 e. The third kappa shape index (κ3) is 4.28. The summed E-state index contributed by atoms with van der Waals surface area (Å²) in [6.07, 6.45) is 4.36. The molecule has 1 saturated heterocycles. The van der Waals surface area contributed by atoms with E-state index in [1.54, 1.807) is 0 Å². The number of rotatable bonds is 7. The molecule has 0 spiro atoms. The molecule has 0 bridgehead atoms. The van der Waals surface area contributed by atoms with Crippen molar-refractivity contribution in [2.45, 2.75) is 45.6 Å². The molecular weight excluding hydrogens is 216 g/mol. The van der Waals surface area contributed by atoms with Crippen molar-refractivity contribution in [1.29, 1.82) is 0 Å². The Bertz CT molecular complexity index is 225. The number of carbonyl (C=O) groups excluding carboxylic acids is 1. The Balaban J connectivity index is 2.51. The Morgan fingerprint density at radius 2 is 1.82 bits per heavy atom. The SMILES string of the molecule is CCCCN(CCCC)C(=O)C1COCC1N. The zero-order valence-electron chi connectivity index (χ0n) is 11.2. The van der Waals surface area contributed by atoms with Gasteiger partial charge >= 0.3 is 0 Å². The van der Waals surface area contributed by atoms with E-state index in [9.17, 15) is 4.79 Å². The van der Waals surface area contributed by atoms with Crippen LogP contribution in [0.25, 0.3) is 0 Å². The first-order valence-corrected chi connectivity index (χ1v) is 6.82. The summed E-state index contributed by atoms with van der Waals surface area (Å²) >= 11 is 0. The normalized spacial score (nSPS) is 23.9. The van der Waals surface area contributed by atoms with Crippen molar-refractivity contribution in [1.82, 2.24) is 4.90 Å². The molecule has 0 aromatic heterocycles. The Morgan fingerprint density at radius 1 is 1.24 bits per heavy atom. The maximum atomic E-state index is 12.3. The summed E-state index contributed by atoms with van der Waals surface area (Å²) in [5, 5.41) is 0. The second kappa shape index (κ2) is 7.67. The topological polar surface area (TPSA) is 55.6 Å². The molecule has 0 aromatic rings.